The van der Waals surface area contributed by atoms with Gasteiger partial charge in [-0.2, -0.15) is 0 Å². The fourth-order valence-electron chi connectivity index (χ4n) is 2.81. The molecule has 4 rings (SSSR count). The number of hydrogen-bond donors (Lipinski definition) is 1. The van der Waals surface area contributed by atoms with Crippen LogP contribution in [0.4, 0.5) is 5.69 Å². The zero-order valence-corrected chi connectivity index (χ0v) is 9.93. The number of rotatable bonds is 1. The number of fused-ring (bicyclic) bond motifs is 3. The second-order valence-electron chi connectivity index (χ2n) is 4.81. The lowest BCUT2D eigenvalue weighted by molar-refractivity contribution is 0.184. The summed E-state index contributed by atoms with van der Waals surface area (Å²) in [7, 11) is 0. The molecule has 0 aliphatic carbocycles. The second kappa shape index (κ2) is 3.58. The molecule has 2 aliphatic rings. The van der Waals surface area contributed by atoms with E-state index in [0.29, 0.717) is 13.2 Å². The minimum atomic E-state index is -0.0407. The zero-order valence-electron chi connectivity index (χ0n) is 9.93. The van der Waals surface area contributed by atoms with Crippen LogP contribution in [0, 0.1) is 0 Å². The highest BCUT2D eigenvalue weighted by molar-refractivity contribution is 5.58. The van der Waals surface area contributed by atoms with Gasteiger partial charge in [0, 0.05) is 19.6 Å². The molecule has 6 nitrogen and oxygen atoms in total. The van der Waals surface area contributed by atoms with Crippen molar-refractivity contribution in [3.05, 3.63) is 28.3 Å². The van der Waals surface area contributed by atoms with Crippen molar-refractivity contribution in [1.29, 1.82) is 0 Å². The third-order valence-electron chi connectivity index (χ3n) is 3.74. The van der Waals surface area contributed by atoms with Crippen molar-refractivity contribution in [3.63, 3.8) is 0 Å². The van der Waals surface area contributed by atoms with Gasteiger partial charge in [0.15, 0.2) is 5.65 Å². The molecule has 2 aliphatic heterocycles. The summed E-state index contributed by atoms with van der Waals surface area (Å²) >= 11 is 0. The SMILES string of the molecule is O=c1n([C@H]2CCOC2)nc2ccc3c(n12)CCN3. The highest BCUT2D eigenvalue weighted by Gasteiger charge is 2.24. The third kappa shape index (κ3) is 1.26. The summed E-state index contributed by atoms with van der Waals surface area (Å²) < 4.78 is 8.65. The van der Waals surface area contributed by atoms with E-state index in [0.717, 1.165) is 36.4 Å². The Balaban J connectivity index is 1.97. The fraction of sp³-hybridized carbons (Fsp3) is 0.500. The minimum absolute atomic E-state index is 0.0407. The average molecular weight is 246 g/mol. The van der Waals surface area contributed by atoms with Gasteiger partial charge in [0.25, 0.3) is 0 Å². The molecule has 4 heterocycles. The molecule has 0 saturated carbocycles. The zero-order chi connectivity index (χ0) is 12.1. The molecular weight excluding hydrogens is 232 g/mol. The number of hydrogen-bond acceptors (Lipinski definition) is 4. The lowest BCUT2D eigenvalue weighted by Gasteiger charge is -2.04. The first-order valence-electron chi connectivity index (χ1n) is 6.29. The van der Waals surface area contributed by atoms with E-state index in [9.17, 15) is 4.79 Å². The maximum Gasteiger partial charge on any atom is 0.350 e. The van der Waals surface area contributed by atoms with Crippen molar-refractivity contribution in [2.75, 3.05) is 25.1 Å². The minimum Gasteiger partial charge on any atom is -0.383 e. The van der Waals surface area contributed by atoms with Crippen LogP contribution >= 0.6 is 0 Å². The van der Waals surface area contributed by atoms with Crippen LogP contribution in [0.25, 0.3) is 5.65 Å². The summed E-state index contributed by atoms with van der Waals surface area (Å²) in [6.07, 6.45) is 1.74. The third-order valence-corrected chi connectivity index (χ3v) is 3.74. The summed E-state index contributed by atoms with van der Waals surface area (Å²) in [6.45, 7) is 2.19. The molecule has 1 N–H and O–H groups in total. The second-order valence-corrected chi connectivity index (χ2v) is 4.81. The van der Waals surface area contributed by atoms with Crippen molar-refractivity contribution in [1.82, 2.24) is 14.2 Å². The maximum atomic E-state index is 12.5. The van der Waals surface area contributed by atoms with Crippen molar-refractivity contribution in [2.24, 2.45) is 0 Å². The van der Waals surface area contributed by atoms with Gasteiger partial charge in [0.05, 0.1) is 24.0 Å². The number of aromatic nitrogens is 3. The number of anilines is 1. The predicted molar refractivity (Wildman–Crippen MR) is 66.1 cm³/mol. The van der Waals surface area contributed by atoms with Crippen molar-refractivity contribution < 1.29 is 4.74 Å². The van der Waals surface area contributed by atoms with Gasteiger partial charge in [-0.05, 0) is 18.6 Å². The van der Waals surface area contributed by atoms with E-state index in [1.165, 1.54) is 0 Å². The largest absolute Gasteiger partial charge is 0.383 e. The molecule has 6 heteroatoms. The van der Waals surface area contributed by atoms with Gasteiger partial charge in [0.1, 0.15) is 0 Å². The average Bonchev–Trinajstić information content (AvgIpc) is 3.06. The van der Waals surface area contributed by atoms with Gasteiger partial charge in [-0.15, -0.1) is 5.10 Å². The van der Waals surface area contributed by atoms with Gasteiger partial charge >= 0.3 is 5.69 Å². The van der Waals surface area contributed by atoms with Crippen molar-refractivity contribution in [2.45, 2.75) is 18.9 Å². The molecule has 2 aromatic heterocycles. The van der Waals surface area contributed by atoms with Gasteiger partial charge < -0.3 is 10.1 Å². The first kappa shape index (κ1) is 10.1. The smallest absolute Gasteiger partial charge is 0.350 e. The molecule has 0 amide bonds. The lowest BCUT2D eigenvalue weighted by Crippen LogP contribution is -2.26. The molecule has 0 unspecified atom stereocenters. The van der Waals surface area contributed by atoms with Crippen LogP contribution in [0.5, 0.6) is 0 Å². The van der Waals surface area contributed by atoms with E-state index in [1.807, 2.05) is 12.1 Å². The van der Waals surface area contributed by atoms with Crippen LogP contribution in [0.15, 0.2) is 16.9 Å². The first-order chi connectivity index (χ1) is 8.84. The van der Waals surface area contributed by atoms with Crippen LogP contribution in [0.3, 0.4) is 0 Å². The summed E-state index contributed by atoms with van der Waals surface area (Å²) in [5, 5.41) is 7.71. The number of ether oxygens (including phenoxy) is 1. The van der Waals surface area contributed by atoms with Crippen molar-refractivity contribution >= 4 is 11.3 Å². The maximum absolute atomic E-state index is 12.5. The van der Waals surface area contributed by atoms with Crippen LogP contribution in [0.2, 0.25) is 0 Å². The highest BCUT2D eigenvalue weighted by Crippen LogP contribution is 2.23. The molecule has 0 bridgehead atoms. The van der Waals surface area contributed by atoms with Crippen LogP contribution in [0.1, 0.15) is 18.2 Å². The number of nitrogens with zero attached hydrogens (tertiary/aromatic N) is 3. The molecule has 0 spiro atoms. The number of nitrogens with one attached hydrogen (secondary N) is 1. The van der Waals surface area contributed by atoms with Crippen LogP contribution in [-0.2, 0) is 11.2 Å². The summed E-state index contributed by atoms with van der Waals surface area (Å²) in [5.74, 6) is 0. The fourth-order valence-corrected chi connectivity index (χ4v) is 2.81. The van der Waals surface area contributed by atoms with E-state index >= 15 is 0 Å². The summed E-state index contributed by atoms with van der Waals surface area (Å²) in [6, 6.07) is 3.98. The Morgan fingerprint density at radius 3 is 3.22 bits per heavy atom. The molecule has 1 atom stereocenters. The van der Waals surface area contributed by atoms with Gasteiger partial charge in [-0.3, -0.25) is 0 Å². The molecule has 1 saturated heterocycles. The molecule has 94 valence electrons. The van der Waals surface area contributed by atoms with Gasteiger partial charge in [-0.1, -0.05) is 0 Å². The van der Waals surface area contributed by atoms with E-state index in [2.05, 4.69) is 10.4 Å². The normalized spacial score (nSPS) is 22.3. The summed E-state index contributed by atoms with van der Waals surface area (Å²) in [4.78, 5) is 12.5. The predicted octanol–water partition coefficient (Wildman–Crippen LogP) is 0.425. The highest BCUT2D eigenvalue weighted by atomic mass is 16.5. The standard InChI is InChI=1S/C12H14N4O2/c17-12-15-10-3-5-13-9(10)1-2-11(15)14-16(12)8-4-6-18-7-8/h1-2,8,13H,3-7H2/t8-/m0/s1. The van der Waals surface area contributed by atoms with E-state index < -0.39 is 0 Å². The molecule has 0 aromatic carbocycles. The van der Waals surface area contributed by atoms with E-state index in [1.54, 1.807) is 9.08 Å². The number of pyridine rings is 1. The Morgan fingerprint density at radius 1 is 1.44 bits per heavy atom. The lowest BCUT2D eigenvalue weighted by atomic mass is 10.3. The van der Waals surface area contributed by atoms with E-state index in [-0.39, 0.29) is 11.7 Å². The Bertz CT molecular complexity index is 667. The van der Waals surface area contributed by atoms with Crippen LogP contribution < -0.4 is 11.0 Å². The molecule has 0 radical (unpaired) electrons. The Hall–Kier alpha value is -1.82. The van der Waals surface area contributed by atoms with E-state index in [4.69, 9.17) is 4.74 Å². The Morgan fingerprint density at radius 2 is 2.39 bits per heavy atom. The monoisotopic (exact) mass is 246 g/mol. The van der Waals surface area contributed by atoms with Crippen molar-refractivity contribution in [3.8, 4) is 0 Å². The van der Waals surface area contributed by atoms with Crippen LogP contribution in [-0.4, -0.2) is 33.9 Å². The van der Waals surface area contributed by atoms with Gasteiger partial charge in [-0.25, -0.2) is 13.9 Å². The molecule has 1 fully saturated rings. The topological polar surface area (TPSA) is 60.6 Å². The first-order valence-corrected chi connectivity index (χ1v) is 6.29. The van der Waals surface area contributed by atoms with Gasteiger partial charge in [0.2, 0.25) is 0 Å². The quantitative estimate of drug-likeness (QED) is 0.792. The summed E-state index contributed by atoms with van der Waals surface area (Å²) in [5.41, 5.74) is 2.78. The molecule has 18 heavy (non-hydrogen) atoms. The molecule has 2 aromatic rings. The Kier molecular flexibility index (Phi) is 2.02. The Labute approximate surface area is 103 Å². The molecular formula is C12H14N4O2.